The molecule has 0 aliphatic rings. The fraction of sp³-hybridized carbons (Fsp3) is 0.176. The van der Waals surface area contributed by atoms with Crippen LogP contribution in [0, 0.1) is 13.8 Å². The van der Waals surface area contributed by atoms with Crippen molar-refractivity contribution in [1.29, 1.82) is 0 Å². The van der Waals surface area contributed by atoms with Gasteiger partial charge in [-0.3, -0.25) is 0 Å². The van der Waals surface area contributed by atoms with Crippen molar-refractivity contribution in [2.45, 2.75) is 18.7 Å². The monoisotopic (exact) mass is 362 g/mol. The Hall–Kier alpha value is -2.09. The second-order valence-corrected chi connectivity index (χ2v) is 7.74. The van der Waals surface area contributed by atoms with E-state index >= 15 is 0 Å². The summed E-state index contributed by atoms with van der Waals surface area (Å²) in [6, 6.07) is 16.0. The van der Waals surface area contributed by atoms with E-state index in [1.54, 1.807) is 23.5 Å². The van der Waals surface area contributed by atoms with Crippen LogP contribution in [0.3, 0.4) is 0 Å². The molecule has 7 heteroatoms. The second kappa shape index (κ2) is 7.65. The number of hydrogen-bond donors (Lipinski definition) is 0. The smallest absolute Gasteiger partial charge is 0.262 e. The molecule has 0 N–H and O–H groups in total. The molecule has 3 rings (SSSR count). The molecule has 2 aromatic carbocycles. The molecule has 1 heterocycles. The predicted molar refractivity (Wildman–Crippen MR) is 92.6 cm³/mol. The molecule has 0 unspecified atom stereocenters. The van der Waals surface area contributed by atoms with Crippen LogP contribution in [-0.4, -0.2) is 18.1 Å². The fourth-order valence-electron chi connectivity index (χ4n) is 1.84. The molecule has 0 aliphatic carbocycles. The molecular weight excluding hydrogens is 344 g/mol. The van der Waals surface area contributed by atoms with Crippen molar-refractivity contribution < 1.29 is 17.7 Å². The molecule has 0 spiro atoms. The van der Waals surface area contributed by atoms with Crippen LogP contribution in [0.4, 0.5) is 0 Å². The topological polar surface area (TPSA) is 74.0 Å². The summed E-state index contributed by atoms with van der Waals surface area (Å²) in [5, 5.41) is 6.72. The van der Waals surface area contributed by atoms with Crippen molar-refractivity contribution in [2.24, 2.45) is 7.05 Å². The minimum Gasteiger partial charge on any atom is -0.744 e. The van der Waals surface area contributed by atoms with Gasteiger partial charge in [-0.25, -0.2) is 8.42 Å². The number of nitrogens with zero attached hydrogens (tertiary/aromatic N) is 2. The van der Waals surface area contributed by atoms with Gasteiger partial charge in [-0.15, -0.1) is 0 Å². The molecule has 5 nitrogen and oxygen atoms in total. The number of rotatable bonds is 2. The Labute approximate surface area is 146 Å². The summed E-state index contributed by atoms with van der Waals surface area (Å²) in [6.45, 7) is 3.89. The fourth-order valence-corrected chi connectivity index (χ4v) is 3.17. The van der Waals surface area contributed by atoms with Gasteiger partial charge in [0.2, 0.25) is 0 Å². The van der Waals surface area contributed by atoms with Crippen LogP contribution in [0.15, 0.2) is 59.5 Å². The summed E-state index contributed by atoms with van der Waals surface area (Å²) in [7, 11) is -2.30. The largest absolute Gasteiger partial charge is 0.744 e. The number of aromatic nitrogens is 2. The van der Waals surface area contributed by atoms with E-state index in [1.165, 1.54) is 22.7 Å². The van der Waals surface area contributed by atoms with Crippen LogP contribution in [-0.2, 0) is 17.2 Å². The van der Waals surface area contributed by atoms with Crippen molar-refractivity contribution in [1.82, 2.24) is 5.10 Å². The van der Waals surface area contributed by atoms with E-state index in [9.17, 15) is 13.0 Å². The molecule has 24 heavy (non-hydrogen) atoms. The Morgan fingerprint density at radius 1 is 1.00 bits per heavy atom. The second-order valence-electron chi connectivity index (χ2n) is 5.18. The predicted octanol–water partition coefficient (Wildman–Crippen LogP) is 2.84. The lowest BCUT2D eigenvalue weighted by Gasteiger charge is -2.05. The zero-order valence-electron chi connectivity index (χ0n) is 13.6. The highest BCUT2D eigenvalue weighted by molar-refractivity contribution is 7.85. The standard InChI is InChI=1S/C10H11N2S.C7H8O3S/c1-8-12(2)11-10(13-8)9-6-4-3-5-7-9;1-6-2-4-7(5-3-6)11(8,9)10/h3-7H,1-2H3;2-5H,1H3,(H,8,9,10)/q+1;/p-1. The highest BCUT2D eigenvalue weighted by Crippen LogP contribution is 2.21. The Bertz CT molecular complexity index is 883. The van der Waals surface area contributed by atoms with Gasteiger partial charge in [0.25, 0.3) is 5.01 Å². The summed E-state index contributed by atoms with van der Waals surface area (Å²) < 4.78 is 33.1. The first kappa shape index (κ1) is 18.3. The number of benzene rings is 2. The molecule has 0 fully saturated rings. The van der Waals surface area contributed by atoms with Crippen molar-refractivity contribution in [3.8, 4) is 10.6 Å². The van der Waals surface area contributed by atoms with Crippen molar-refractivity contribution in [3.05, 3.63) is 65.2 Å². The van der Waals surface area contributed by atoms with Gasteiger partial charge in [0.1, 0.15) is 10.1 Å². The third-order valence-corrected chi connectivity index (χ3v) is 5.19. The van der Waals surface area contributed by atoms with Crippen molar-refractivity contribution >= 4 is 21.5 Å². The maximum Gasteiger partial charge on any atom is 0.262 e. The molecule has 0 atom stereocenters. The Morgan fingerprint density at radius 2 is 1.58 bits per heavy atom. The molecule has 0 saturated carbocycles. The van der Waals surface area contributed by atoms with E-state index in [0.717, 1.165) is 10.6 Å². The van der Waals surface area contributed by atoms with E-state index in [0.29, 0.717) is 0 Å². The van der Waals surface area contributed by atoms with Gasteiger partial charge in [-0.2, -0.15) is 0 Å². The molecular formula is C17H18N2O3S2. The maximum atomic E-state index is 10.4. The van der Waals surface area contributed by atoms with Crippen molar-refractivity contribution in [2.75, 3.05) is 0 Å². The van der Waals surface area contributed by atoms with E-state index in [-0.39, 0.29) is 4.90 Å². The zero-order chi connectivity index (χ0) is 17.7. The average Bonchev–Trinajstić information content (AvgIpc) is 2.88. The van der Waals surface area contributed by atoms with E-state index in [2.05, 4.69) is 24.2 Å². The third kappa shape index (κ3) is 4.95. The van der Waals surface area contributed by atoms with Crippen LogP contribution in [0.25, 0.3) is 10.6 Å². The Morgan fingerprint density at radius 3 is 2.04 bits per heavy atom. The van der Waals surface area contributed by atoms with E-state index in [4.69, 9.17) is 0 Å². The van der Waals surface area contributed by atoms with Crippen LogP contribution >= 0.6 is 11.3 Å². The molecule has 0 aliphatic heterocycles. The molecule has 0 bridgehead atoms. The maximum absolute atomic E-state index is 10.4. The van der Waals surface area contributed by atoms with Crippen LogP contribution in [0.2, 0.25) is 0 Å². The highest BCUT2D eigenvalue weighted by atomic mass is 32.2. The molecule has 0 saturated heterocycles. The Kier molecular flexibility index (Phi) is 5.82. The quantitative estimate of drug-likeness (QED) is 0.519. The first-order chi connectivity index (χ1) is 11.3. The minimum atomic E-state index is -4.27. The summed E-state index contributed by atoms with van der Waals surface area (Å²) in [5.74, 6) is 0. The molecule has 3 aromatic rings. The van der Waals surface area contributed by atoms with Crippen LogP contribution in [0.5, 0.6) is 0 Å². The van der Waals surface area contributed by atoms with Gasteiger partial charge in [-0.1, -0.05) is 52.7 Å². The third-order valence-electron chi connectivity index (χ3n) is 3.27. The van der Waals surface area contributed by atoms with Gasteiger partial charge in [0, 0.05) is 17.6 Å². The highest BCUT2D eigenvalue weighted by Gasteiger charge is 2.11. The van der Waals surface area contributed by atoms with Gasteiger partial charge in [0.15, 0.2) is 12.1 Å². The summed E-state index contributed by atoms with van der Waals surface area (Å²) in [4.78, 5) is -0.178. The molecule has 1 aromatic heterocycles. The SMILES string of the molecule is Cc1ccc(S(=O)(=O)[O-])cc1.Cc1sc(-c2ccccc2)n[n+]1C. The van der Waals surface area contributed by atoms with Gasteiger partial charge >= 0.3 is 0 Å². The summed E-state index contributed by atoms with van der Waals surface area (Å²) >= 11 is 1.72. The lowest BCUT2D eigenvalue weighted by Crippen LogP contribution is -2.32. The van der Waals surface area contributed by atoms with Crippen LogP contribution in [0.1, 0.15) is 10.6 Å². The molecule has 0 amide bonds. The number of aryl methyl sites for hydroxylation is 3. The molecule has 0 radical (unpaired) electrons. The van der Waals surface area contributed by atoms with E-state index < -0.39 is 10.1 Å². The first-order valence-corrected chi connectivity index (χ1v) is 9.41. The average molecular weight is 362 g/mol. The lowest BCUT2D eigenvalue weighted by molar-refractivity contribution is -0.730. The Balaban J connectivity index is 0.000000177. The van der Waals surface area contributed by atoms with Gasteiger partial charge < -0.3 is 4.55 Å². The van der Waals surface area contributed by atoms with Crippen molar-refractivity contribution in [3.63, 3.8) is 0 Å². The summed E-state index contributed by atoms with van der Waals surface area (Å²) in [5.41, 5.74) is 2.12. The number of hydrogen-bond acceptors (Lipinski definition) is 5. The first-order valence-electron chi connectivity index (χ1n) is 7.19. The van der Waals surface area contributed by atoms with Gasteiger partial charge in [0.05, 0.1) is 4.90 Å². The molecule has 126 valence electrons. The van der Waals surface area contributed by atoms with Gasteiger partial charge in [-0.05, 0) is 30.4 Å². The summed E-state index contributed by atoms with van der Waals surface area (Å²) in [6.07, 6.45) is 0. The van der Waals surface area contributed by atoms with E-state index in [1.807, 2.05) is 36.9 Å². The lowest BCUT2D eigenvalue weighted by atomic mass is 10.2. The zero-order valence-corrected chi connectivity index (χ0v) is 15.3. The minimum absolute atomic E-state index is 0.178. The normalized spacial score (nSPS) is 10.8. The van der Waals surface area contributed by atoms with Crippen LogP contribution < -0.4 is 4.68 Å².